The first kappa shape index (κ1) is 13.3. The Kier molecular flexibility index (Phi) is 3.56. The lowest BCUT2D eigenvalue weighted by Gasteiger charge is -2.31. The average Bonchev–Trinajstić information content (AvgIpc) is 2.48. The van der Waals surface area contributed by atoms with Crippen LogP contribution in [0.25, 0.3) is 10.9 Å². The molecule has 3 rings (SSSR count). The van der Waals surface area contributed by atoms with Crippen molar-refractivity contribution in [2.24, 2.45) is 5.41 Å². The minimum absolute atomic E-state index is 0.119. The van der Waals surface area contributed by atoms with E-state index < -0.39 is 0 Å². The molecule has 0 unspecified atom stereocenters. The lowest BCUT2D eigenvalue weighted by atomic mass is 9.71. The van der Waals surface area contributed by atoms with Gasteiger partial charge in [-0.2, -0.15) is 0 Å². The van der Waals surface area contributed by atoms with E-state index in [-0.39, 0.29) is 5.41 Å². The summed E-state index contributed by atoms with van der Waals surface area (Å²) in [5.41, 5.74) is 1.76. The quantitative estimate of drug-likeness (QED) is 0.829. The molecule has 0 radical (unpaired) electrons. The van der Waals surface area contributed by atoms with Gasteiger partial charge in [-0.3, -0.25) is 9.78 Å². The molecular weight excluding hydrogens is 246 g/mol. The molecule has 0 aliphatic heterocycles. The Morgan fingerprint density at radius 1 is 1.10 bits per heavy atom. The zero-order valence-electron chi connectivity index (χ0n) is 12.1. The van der Waals surface area contributed by atoms with Gasteiger partial charge in [0.25, 0.3) is 0 Å². The maximum atomic E-state index is 12.6. The Morgan fingerprint density at radius 2 is 1.85 bits per heavy atom. The van der Waals surface area contributed by atoms with Crippen molar-refractivity contribution in [1.82, 2.24) is 4.98 Å². The molecule has 0 amide bonds. The van der Waals surface area contributed by atoms with E-state index in [2.05, 4.69) is 24.0 Å². The number of pyridine rings is 1. The van der Waals surface area contributed by atoms with Crippen LogP contribution in [0.4, 0.5) is 0 Å². The number of aromatic nitrogens is 1. The minimum atomic E-state index is -0.119. The third kappa shape index (κ3) is 2.60. The van der Waals surface area contributed by atoms with Crippen LogP contribution in [0.1, 0.15) is 44.7 Å². The number of carbonyl (C=O) groups excluding carboxylic acids is 1. The van der Waals surface area contributed by atoms with Crippen molar-refractivity contribution < 1.29 is 4.79 Å². The van der Waals surface area contributed by atoms with Crippen molar-refractivity contribution in [2.45, 2.75) is 45.4 Å². The molecule has 2 nitrogen and oxygen atoms in total. The highest BCUT2D eigenvalue weighted by Crippen LogP contribution is 2.37. The molecule has 0 atom stereocenters. The van der Waals surface area contributed by atoms with Gasteiger partial charge in [-0.25, -0.2) is 0 Å². The van der Waals surface area contributed by atoms with Gasteiger partial charge in [-0.1, -0.05) is 50.5 Å². The van der Waals surface area contributed by atoms with Crippen LogP contribution in [-0.4, -0.2) is 10.8 Å². The van der Waals surface area contributed by atoms with Crippen LogP contribution in [0, 0.1) is 5.41 Å². The number of para-hydroxylation sites is 1. The fourth-order valence-corrected chi connectivity index (χ4v) is 3.20. The van der Waals surface area contributed by atoms with E-state index in [1.165, 1.54) is 19.3 Å². The first-order valence-corrected chi connectivity index (χ1v) is 7.55. The van der Waals surface area contributed by atoms with Crippen LogP contribution in [0.3, 0.4) is 0 Å². The number of hydrogen-bond acceptors (Lipinski definition) is 2. The predicted octanol–water partition coefficient (Wildman–Crippen LogP) is 4.32. The SMILES string of the molecule is CC1(C(=O)Cc2ccc3ccccc3n2)CCCCC1. The summed E-state index contributed by atoms with van der Waals surface area (Å²) < 4.78 is 0. The number of carbonyl (C=O) groups is 1. The lowest BCUT2D eigenvalue weighted by Crippen LogP contribution is -2.31. The third-order valence-corrected chi connectivity index (χ3v) is 4.63. The van der Waals surface area contributed by atoms with Gasteiger partial charge >= 0.3 is 0 Å². The fourth-order valence-electron chi connectivity index (χ4n) is 3.20. The molecule has 104 valence electrons. The second kappa shape index (κ2) is 5.35. The van der Waals surface area contributed by atoms with Gasteiger partial charge in [0.05, 0.1) is 5.52 Å². The van der Waals surface area contributed by atoms with E-state index in [1.807, 2.05) is 24.3 Å². The van der Waals surface area contributed by atoms with Gasteiger partial charge in [0.1, 0.15) is 5.78 Å². The highest BCUT2D eigenvalue weighted by Gasteiger charge is 2.34. The van der Waals surface area contributed by atoms with Crippen LogP contribution in [-0.2, 0) is 11.2 Å². The molecule has 1 aromatic heterocycles. The Bertz CT molecular complexity index is 626. The van der Waals surface area contributed by atoms with Crippen molar-refractivity contribution in [2.75, 3.05) is 0 Å². The van der Waals surface area contributed by atoms with Crippen LogP contribution in [0.15, 0.2) is 36.4 Å². The van der Waals surface area contributed by atoms with Crippen molar-refractivity contribution in [3.05, 3.63) is 42.1 Å². The Balaban J connectivity index is 1.80. The summed E-state index contributed by atoms with van der Waals surface area (Å²) in [6, 6.07) is 12.1. The van der Waals surface area contributed by atoms with Crippen LogP contribution in [0.5, 0.6) is 0 Å². The molecule has 0 N–H and O–H groups in total. The second-order valence-corrected chi connectivity index (χ2v) is 6.22. The highest BCUT2D eigenvalue weighted by molar-refractivity contribution is 5.87. The first-order chi connectivity index (χ1) is 9.67. The first-order valence-electron chi connectivity index (χ1n) is 7.55. The van der Waals surface area contributed by atoms with Gasteiger partial charge in [0, 0.05) is 22.9 Å². The van der Waals surface area contributed by atoms with E-state index in [0.717, 1.165) is 29.4 Å². The Labute approximate surface area is 120 Å². The van der Waals surface area contributed by atoms with Crippen LogP contribution >= 0.6 is 0 Å². The van der Waals surface area contributed by atoms with Gasteiger partial charge in [-0.15, -0.1) is 0 Å². The molecule has 20 heavy (non-hydrogen) atoms. The molecule has 0 spiro atoms. The number of nitrogens with zero attached hydrogens (tertiary/aromatic N) is 1. The topological polar surface area (TPSA) is 30.0 Å². The predicted molar refractivity (Wildman–Crippen MR) is 81.6 cm³/mol. The van der Waals surface area contributed by atoms with Crippen molar-refractivity contribution in [3.8, 4) is 0 Å². The smallest absolute Gasteiger partial charge is 0.144 e. The monoisotopic (exact) mass is 267 g/mol. The van der Waals surface area contributed by atoms with Crippen molar-refractivity contribution >= 4 is 16.7 Å². The molecule has 2 heteroatoms. The number of ketones is 1. The van der Waals surface area contributed by atoms with Gasteiger partial charge in [0.2, 0.25) is 0 Å². The number of Topliss-reactive ketones (excluding diaryl/α,β-unsaturated/α-hetero) is 1. The molecule has 1 aliphatic rings. The van der Waals surface area contributed by atoms with Crippen LogP contribution < -0.4 is 0 Å². The van der Waals surface area contributed by atoms with Crippen LogP contribution in [0.2, 0.25) is 0 Å². The number of hydrogen-bond donors (Lipinski definition) is 0. The van der Waals surface area contributed by atoms with E-state index in [4.69, 9.17) is 0 Å². The molecular formula is C18H21NO. The number of benzene rings is 1. The standard InChI is InChI=1S/C18H21NO/c1-18(11-5-2-6-12-18)17(20)13-15-10-9-14-7-3-4-8-16(14)19-15/h3-4,7-10H,2,5-6,11-13H2,1H3. The average molecular weight is 267 g/mol. The molecule has 1 aromatic carbocycles. The lowest BCUT2D eigenvalue weighted by molar-refractivity contribution is -0.128. The number of rotatable bonds is 3. The molecule has 1 aliphatic carbocycles. The summed E-state index contributed by atoms with van der Waals surface area (Å²) in [4.78, 5) is 17.2. The Morgan fingerprint density at radius 3 is 2.65 bits per heavy atom. The second-order valence-electron chi connectivity index (χ2n) is 6.22. The summed E-state index contributed by atoms with van der Waals surface area (Å²) in [7, 11) is 0. The normalized spacial score (nSPS) is 18.1. The van der Waals surface area contributed by atoms with E-state index >= 15 is 0 Å². The summed E-state index contributed by atoms with van der Waals surface area (Å²) in [5.74, 6) is 0.361. The molecule has 2 aromatic rings. The maximum Gasteiger partial charge on any atom is 0.144 e. The van der Waals surface area contributed by atoms with E-state index in [0.29, 0.717) is 12.2 Å². The van der Waals surface area contributed by atoms with Gasteiger partial charge in [-0.05, 0) is 25.0 Å². The highest BCUT2D eigenvalue weighted by atomic mass is 16.1. The zero-order chi connectivity index (χ0) is 14.0. The number of fused-ring (bicyclic) bond motifs is 1. The fraction of sp³-hybridized carbons (Fsp3) is 0.444. The van der Waals surface area contributed by atoms with Crippen molar-refractivity contribution in [1.29, 1.82) is 0 Å². The molecule has 1 heterocycles. The summed E-state index contributed by atoms with van der Waals surface area (Å²) in [6.07, 6.45) is 6.21. The van der Waals surface area contributed by atoms with Crippen molar-refractivity contribution in [3.63, 3.8) is 0 Å². The third-order valence-electron chi connectivity index (χ3n) is 4.63. The molecule has 1 saturated carbocycles. The largest absolute Gasteiger partial charge is 0.299 e. The van der Waals surface area contributed by atoms with E-state index in [1.54, 1.807) is 0 Å². The molecule has 0 bridgehead atoms. The van der Waals surface area contributed by atoms with Gasteiger partial charge in [0.15, 0.2) is 0 Å². The summed E-state index contributed by atoms with van der Waals surface area (Å²) in [5, 5.41) is 1.13. The van der Waals surface area contributed by atoms with Gasteiger partial charge < -0.3 is 0 Å². The zero-order valence-corrected chi connectivity index (χ0v) is 12.1. The van der Waals surface area contributed by atoms with E-state index in [9.17, 15) is 4.79 Å². The maximum absolute atomic E-state index is 12.6. The summed E-state index contributed by atoms with van der Waals surface area (Å²) >= 11 is 0. The summed E-state index contributed by atoms with van der Waals surface area (Å²) in [6.45, 7) is 2.13. The molecule has 0 saturated heterocycles. The molecule has 1 fully saturated rings. The minimum Gasteiger partial charge on any atom is -0.299 e. The Hall–Kier alpha value is -1.70.